The maximum atomic E-state index is 10.8. The molecule has 0 atom stereocenters. The quantitative estimate of drug-likeness (QED) is 0.871. The fourth-order valence-electron chi connectivity index (χ4n) is 1.44. The lowest BCUT2D eigenvalue weighted by Gasteiger charge is -2.02. The first kappa shape index (κ1) is 10.7. The van der Waals surface area contributed by atoms with Gasteiger partial charge >= 0.3 is 5.97 Å². The average Bonchev–Trinajstić information content (AvgIpc) is 2.65. The Hall–Kier alpha value is -1.81. The van der Waals surface area contributed by atoms with Crippen molar-refractivity contribution in [1.82, 2.24) is 9.78 Å². The Bertz CT molecular complexity index is 549. The Balaban J connectivity index is 2.55. The fourth-order valence-corrected chi connectivity index (χ4v) is 1.67. The molecule has 82 valence electrons. The van der Waals surface area contributed by atoms with Gasteiger partial charge in [0.1, 0.15) is 0 Å². The topological polar surface area (TPSA) is 55.1 Å². The van der Waals surface area contributed by atoms with Crippen LogP contribution in [-0.2, 0) is 7.05 Å². The van der Waals surface area contributed by atoms with Crippen LogP contribution in [0.5, 0.6) is 0 Å². The van der Waals surface area contributed by atoms with Crippen LogP contribution >= 0.6 is 11.6 Å². The molecule has 0 saturated carbocycles. The van der Waals surface area contributed by atoms with Gasteiger partial charge in [-0.1, -0.05) is 11.6 Å². The molecule has 0 radical (unpaired) electrons. The van der Waals surface area contributed by atoms with Gasteiger partial charge in [-0.05, 0) is 18.2 Å². The molecule has 0 unspecified atom stereocenters. The van der Waals surface area contributed by atoms with E-state index in [0.29, 0.717) is 10.6 Å². The molecular weight excluding hydrogens is 228 g/mol. The van der Waals surface area contributed by atoms with E-state index in [9.17, 15) is 4.79 Å². The van der Waals surface area contributed by atoms with Crippen LogP contribution in [0.25, 0.3) is 11.1 Å². The van der Waals surface area contributed by atoms with Gasteiger partial charge in [-0.2, -0.15) is 5.10 Å². The van der Waals surface area contributed by atoms with E-state index in [-0.39, 0.29) is 5.56 Å². The van der Waals surface area contributed by atoms with Crippen molar-refractivity contribution in [3.63, 3.8) is 0 Å². The number of aryl methyl sites for hydroxylation is 1. The van der Waals surface area contributed by atoms with Gasteiger partial charge in [-0.25, -0.2) is 4.79 Å². The molecule has 1 heterocycles. The highest BCUT2D eigenvalue weighted by Gasteiger charge is 2.10. The molecule has 0 bridgehead atoms. The smallest absolute Gasteiger partial charge is 0.335 e. The van der Waals surface area contributed by atoms with Gasteiger partial charge in [0.25, 0.3) is 0 Å². The minimum absolute atomic E-state index is 0.211. The number of nitrogens with zero attached hydrogens (tertiary/aromatic N) is 2. The standard InChI is InChI=1S/C11H9ClN2O2/c1-14-6-8(5-13-14)9-4-7(11(15)16)2-3-10(9)12/h2-6H,1H3,(H,15,16). The Kier molecular flexibility index (Phi) is 2.66. The van der Waals surface area contributed by atoms with Crippen LogP contribution in [-0.4, -0.2) is 20.9 Å². The van der Waals surface area contributed by atoms with Gasteiger partial charge < -0.3 is 5.11 Å². The first-order chi connectivity index (χ1) is 7.58. The third-order valence-electron chi connectivity index (χ3n) is 2.23. The molecule has 0 fully saturated rings. The molecule has 0 aliphatic heterocycles. The molecule has 0 saturated heterocycles. The maximum Gasteiger partial charge on any atom is 0.335 e. The zero-order valence-corrected chi connectivity index (χ0v) is 9.27. The lowest BCUT2D eigenvalue weighted by molar-refractivity contribution is 0.0697. The van der Waals surface area contributed by atoms with E-state index in [1.807, 2.05) is 0 Å². The van der Waals surface area contributed by atoms with E-state index in [0.717, 1.165) is 5.56 Å². The highest BCUT2D eigenvalue weighted by molar-refractivity contribution is 6.33. The van der Waals surface area contributed by atoms with Gasteiger partial charge in [-0.15, -0.1) is 0 Å². The number of rotatable bonds is 2. The molecule has 0 spiro atoms. The molecule has 5 heteroatoms. The number of carbonyl (C=O) groups is 1. The number of benzene rings is 1. The van der Waals surface area contributed by atoms with Crippen LogP contribution in [0, 0.1) is 0 Å². The number of carboxylic acids is 1. The van der Waals surface area contributed by atoms with Gasteiger partial charge in [-0.3, -0.25) is 4.68 Å². The second-order valence-electron chi connectivity index (χ2n) is 3.40. The minimum atomic E-state index is -0.971. The zero-order valence-electron chi connectivity index (χ0n) is 8.51. The predicted octanol–water partition coefficient (Wildman–Crippen LogP) is 2.44. The van der Waals surface area contributed by atoms with Crippen molar-refractivity contribution in [2.24, 2.45) is 7.05 Å². The summed E-state index contributed by atoms with van der Waals surface area (Å²) in [5.41, 5.74) is 1.69. The molecule has 1 aromatic heterocycles. The summed E-state index contributed by atoms with van der Waals surface area (Å²) in [6.07, 6.45) is 3.43. The van der Waals surface area contributed by atoms with E-state index in [1.165, 1.54) is 6.07 Å². The molecular formula is C11H9ClN2O2. The SMILES string of the molecule is Cn1cc(-c2cc(C(=O)O)ccc2Cl)cn1. The predicted molar refractivity (Wildman–Crippen MR) is 60.6 cm³/mol. The molecule has 2 aromatic rings. The summed E-state index contributed by atoms with van der Waals surface area (Å²) in [6, 6.07) is 4.60. The first-order valence-electron chi connectivity index (χ1n) is 4.60. The summed E-state index contributed by atoms with van der Waals surface area (Å²) < 4.78 is 1.64. The third-order valence-corrected chi connectivity index (χ3v) is 2.56. The van der Waals surface area contributed by atoms with Crippen molar-refractivity contribution < 1.29 is 9.90 Å². The summed E-state index contributed by atoms with van der Waals surface area (Å²) in [5, 5.41) is 13.4. The van der Waals surface area contributed by atoms with E-state index in [2.05, 4.69) is 5.10 Å². The lowest BCUT2D eigenvalue weighted by atomic mass is 10.1. The Morgan fingerprint density at radius 1 is 1.50 bits per heavy atom. The molecule has 0 aliphatic rings. The van der Waals surface area contributed by atoms with Crippen molar-refractivity contribution >= 4 is 17.6 Å². The number of aromatic nitrogens is 2. The number of carboxylic acid groups (broad SMARTS) is 1. The molecule has 2 rings (SSSR count). The van der Waals surface area contributed by atoms with Gasteiger partial charge in [0, 0.05) is 29.4 Å². The van der Waals surface area contributed by atoms with Crippen LogP contribution < -0.4 is 0 Å². The monoisotopic (exact) mass is 236 g/mol. The molecule has 1 N–H and O–H groups in total. The minimum Gasteiger partial charge on any atom is -0.478 e. The van der Waals surface area contributed by atoms with E-state index in [1.54, 1.807) is 36.3 Å². The summed E-state index contributed by atoms with van der Waals surface area (Å²) in [4.78, 5) is 10.8. The van der Waals surface area contributed by atoms with Crippen LogP contribution in [0.1, 0.15) is 10.4 Å². The number of halogens is 1. The Morgan fingerprint density at radius 2 is 2.25 bits per heavy atom. The second-order valence-corrected chi connectivity index (χ2v) is 3.81. The molecule has 0 amide bonds. The van der Waals surface area contributed by atoms with Crippen molar-refractivity contribution in [2.75, 3.05) is 0 Å². The highest BCUT2D eigenvalue weighted by atomic mass is 35.5. The third kappa shape index (κ3) is 1.92. The Morgan fingerprint density at radius 3 is 2.81 bits per heavy atom. The van der Waals surface area contributed by atoms with Crippen molar-refractivity contribution in [1.29, 1.82) is 0 Å². The van der Waals surface area contributed by atoms with Crippen LogP contribution in [0.4, 0.5) is 0 Å². The largest absolute Gasteiger partial charge is 0.478 e. The van der Waals surface area contributed by atoms with Crippen LogP contribution in [0.15, 0.2) is 30.6 Å². The highest BCUT2D eigenvalue weighted by Crippen LogP contribution is 2.28. The van der Waals surface area contributed by atoms with E-state index >= 15 is 0 Å². The van der Waals surface area contributed by atoms with E-state index in [4.69, 9.17) is 16.7 Å². The first-order valence-corrected chi connectivity index (χ1v) is 4.97. The summed E-state index contributed by atoms with van der Waals surface area (Å²) >= 11 is 6.01. The zero-order chi connectivity index (χ0) is 11.7. The van der Waals surface area contributed by atoms with Crippen LogP contribution in [0.2, 0.25) is 5.02 Å². The van der Waals surface area contributed by atoms with Crippen molar-refractivity contribution in [2.45, 2.75) is 0 Å². The fraction of sp³-hybridized carbons (Fsp3) is 0.0909. The van der Waals surface area contributed by atoms with Crippen molar-refractivity contribution in [3.05, 3.63) is 41.2 Å². The second kappa shape index (κ2) is 3.98. The number of hydrogen-bond acceptors (Lipinski definition) is 2. The number of aromatic carboxylic acids is 1. The summed E-state index contributed by atoms with van der Waals surface area (Å²) in [5.74, 6) is -0.971. The van der Waals surface area contributed by atoms with Gasteiger partial charge in [0.2, 0.25) is 0 Å². The summed E-state index contributed by atoms with van der Waals surface area (Å²) in [6.45, 7) is 0. The maximum absolute atomic E-state index is 10.8. The Labute approximate surface area is 97.1 Å². The molecule has 1 aromatic carbocycles. The average molecular weight is 237 g/mol. The van der Waals surface area contributed by atoms with Crippen molar-refractivity contribution in [3.8, 4) is 11.1 Å². The van der Waals surface area contributed by atoms with Crippen LogP contribution in [0.3, 0.4) is 0 Å². The molecule has 0 aliphatic carbocycles. The van der Waals surface area contributed by atoms with Gasteiger partial charge in [0.05, 0.1) is 11.8 Å². The molecule has 4 nitrogen and oxygen atoms in total. The number of hydrogen-bond donors (Lipinski definition) is 1. The summed E-state index contributed by atoms with van der Waals surface area (Å²) in [7, 11) is 1.79. The van der Waals surface area contributed by atoms with Gasteiger partial charge in [0.15, 0.2) is 0 Å². The van der Waals surface area contributed by atoms with E-state index < -0.39 is 5.97 Å². The molecule has 16 heavy (non-hydrogen) atoms. The lowest BCUT2D eigenvalue weighted by Crippen LogP contribution is -1.96. The normalized spacial score (nSPS) is 10.4.